The summed E-state index contributed by atoms with van der Waals surface area (Å²) in [6.07, 6.45) is 0. The van der Waals surface area contributed by atoms with E-state index in [2.05, 4.69) is 0 Å². The van der Waals surface area contributed by atoms with Crippen LogP contribution in [0.5, 0.6) is 0 Å². The van der Waals surface area contributed by atoms with Crippen LogP contribution in [0.4, 0.5) is 0 Å². The Morgan fingerprint density at radius 1 is 1.60 bits per heavy atom. The van der Waals surface area contributed by atoms with E-state index < -0.39 is 0 Å². The monoisotopic (exact) mass is 145 g/mol. The van der Waals surface area contributed by atoms with E-state index in [0.29, 0.717) is 12.6 Å². The van der Waals surface area contributed by atoms with Crippen molar-refractivity contribution in [2.24, 2.45) is 0 Å². The zero-order chi connectivity index (χ0) is 8.15. The van der Waals surface area contributed by atoms with E-state index in [1.807, 2.05) is 25.9 Å². The Bertz CT molecular complexity index is 112. The highest BCUT2D eigenvalue weighted by Gasteiger charge is 2.04. The molecule has 0 rings (SSSR count). The third-order valence-corrected chi connectivity index (χ3v) is 1.41. The second kappa shape index (κ2) is 4.28. The minimum Gasteiger partial charge on any atom is -0.464 e. The van der Waals surface area contributed by atoms with Crippen LogP contribution in [-0.4, -0.2) is 37.6 Å². The summed E-state index contributed by atoms with van der Waals surface area (Å²) in [5, 5.41) is 0. The third-order valence-electron chi connectivity index (χ3n) is 1.41. The van der Waals surface area contributed by atoms with Gasteiger partial charge in [-0.2, -0.15) is 0 Å². The largest absolute Gasteiger partial charge is 0.464 e. The Labute approximate surface area is 62.0 Å². The summed E-state index contributed by atoms with van der Waals surface area (Å²) in [7, 11) is 3.91. The molecule has 0 radical (unpaired) electrons. The molecule has 0 heterocycles. The lowest BCUT2D eigenvalue weighted by molar-refractivity contribution is -0.142. The number of carbonyl (C=O) groups excluding carboxylic acids is 1. The Hall–Kier alpha value is -0.570. The fourth-order valence-corrected chi connectivity index (χ4v) is 0.387. The zero-order valence-corrected chi connectivity index (χ0v) is 7.05. The number of esters is 1. The molecule has 3 heteroatoms. The Morgan fingerprint density at radius 2 is 2.10 bits per heavy atom. The van der Waals surface area contributed by atoms with Gasteiger partial charge in [-0.25, -0.2) is 0 Å². The Balaban J connectivity index is 3.39. The number of rotatable bonds is 3. The first-order chi connectivity index (χ1) is 4.54. The van der Waals surface area contributed by atoms with Gasteiger partial charge in [-0.05, 0) is 21.0 Å². The van der Waals surface area contributed by atoms with Crippen LogP contribution in [0, 0.1) is 0 Å². The standard InChI is InChI=1S/C7H15NO2/c1-6(8(3)4)5-10-7(2)9/h6H,5H2,1-4H3/t6-/m1/s1. The predicted molar refractivity (Wildman–Crippen MR) is 39.8 cm³/mol. The highest BCUT2D eigenvalue weighted by Crippen LogP contribution is 1.91. The number of ether oxygens (including phenoxy) is 1. The van der Waals surface area contributed by atoms with Crippen molar-refractivity contribution in [1.29, 1.82) is 0 Å². The maximum Gasteiger partial charge on any atom is 0.302 e. The second-order valence-corrected chi connectivity index (χ2v) is 2.62. The molecule has 0 aliphatic rings. The van der Waals surface area contributed by atoms with Crippen molar-refractivity contribution in [2.75, 3.05) is 20.7 Å². The fourth-order valence-electron chi connectivity index (χ4n) is 0.387. The van der Waals surface area contributed by atoms with Gasteiger partial charge >= 0.3 is 5.97 Å². The van der Waals surface area contributed by atoms with E-state index in [0.717, 1.165) is 0 Å². The van der Waals surface area contributed by atoms with E-state index in [1.165, 1.54) is 6.92 Å². The predicted octanol–water partition coefficient (Wildman–Crippen LogP) is 0.500. The molecule has 0 aromatic carbocycles. The van der Waals surface area contributed by atoms with Gasteiger partial charge in [0.1, 0.15) is 6.61 Å². The van der Waals surface area contributed by atoms with E-state index in [-0.39, 0.29) is 5.97 Å². The van der Waals surface area contributed by atoms with Crippen molar-refractivity contribution in [1.82, 2.24) is 4.90 Å². The molecule has 0 fully saturated rings. The SMILES string of the molecule is CC(=O)OC[C@@H](C)N(C)C. The molecule has 10 heavy (non-hydrogen) atoms. The van der Waals surface area contributed by atoms with E-state index in [1.54, 1.807) is 0 Å². The molecule has 0 aliphatic heterocycles. The van der Waals surface area contributed by atoms with E-state index >= 15 is 0 Å². The third kappa shape index (κ3) is 4.32. The second-order valence-electron chi connectivity index (χ2n) is 2.62. The van der Waals surface area contributed by atoms with Crippen molar-refractivity contribution in [3.8, 4) is 0 Å². The molecule has 0 spiro atoms. The van der Waals surface area contributed by atoms with Crippen LogP contribution in [0.15, 0.2) is 0 Å². The molecule has 1 atom stereocenters. The van der Waals surface area contributed by atoms with Crippen LogP contribution in [0.25, 0.3) is 0 Å². The van der Waals surface area contributed by atoms with E-state index in [4.69, 9.17) is 4.74 Å². The zero-order valence-electron chi connectivity index (χ0n) is 7.05. The van der Waals surface area contributed by atoms with Gasteiger partial charge in [0.2, 0.25) is 0 Å². The molecule has 0 amide bonds. The van der Waals surface area contributed by atoms with Crippen molar-refractivity contribution in [3.63, 3.8) is 0 Å². The van der Waals surface area contributed by atoms with Gasteiger partial charge in [-0.1, -0.05) is 0 Å². The fraction of sp³-hybridized carbons (Fsp3) is 0.857. The maximum absolute atomic E-state index is 10.3. The van der Waals surface area contributed by atoms with Crippen molar-refractivity contribution < 1.29 is 9.53 Å². The van der Waals surface area contributed by atoms with Crippen LogP contribution in [0.2, 0.25) is 0 Å². The molecule has 60 valence electrons. The first kappa shape index (κ1) is 9.43. The number of hydrogen-bond acceptors (Lipinski definition) is 3. The number of likely N-dealkylation sites (N-methyl/N-ethyl adjacent to an activating group) is 1. The summed E-state index contributed by atoms with van der Waals surface area (Å²) in [5.41, 5.74) is 0. The first-order valence-electron chi connectivity index (χ1n) is 3.34. The number of nitrogens with zero attached hydrogens (tertiary/aromatic N) is 1. The summed E-state index contributed by atoms with van der Waals surface area (Å²) in [5.74, 6) is -0.214. The summed E-state index contributed by atoms with van der Waals surface area (Å²) >= 11 is 0. The highest BCUT2D eigenvalue weighted by molar-refractivity contribution is 5.65. The van der Waals surface area contributed by atoms with Crippen molar-refractivity contribution >= 4 is 5.97 Å². The molecule has 0 aromatic rings. The first-order valence-corrected chi connectivity index (χ1v) is 3.34. The minimum absolute atomic E-state index is 0.214. The lowest BCUT2D eigenvalue weighted by Gasteiger charge is -2.18. The molecular weight excluding hydrogens is 130 g/mol. The molecule has 0 unspecified atom stereocenters. The smallest absolute Gasteiger partial charge is 0.302 e. The van der Waals surface area contributed by atoms with Gasteiger partial charge in [0.05, 0.1) is 0 Å². The summed E-state index contributed by atoms with van der Waals surface area (Å²) in [6.45, 7) is 3.90. The van der Waals surface area contributed by atoms with Gasteiger partial charge in [0, 0.05) is 13.0 Å². The maximum atomic E-state index is 10.3. The molecule has 0 saturated carbocycles. The van der Waals surface area contributed by atoms with Gasteiger partial charge in [0.15, 0.2) is 0 Å². The van der Waals surface area contributed by atoms with Gasteiger partial charge < -0.3 is 9.64 Å². The number of carbonyl (C=O) groups is 1. The lowest BCUT2D eigenvalue weighted by Crippen LogP contribution is -2.29. The minimum atomic E-state index is -0.214. The van der Waals surface area contributed by atoms with Gasteiger partial charge in [-0.3, -0.25) is 4.79 Å². The van der Waals surface area contributed by atoms with E-state index in [9.17, 15) is 4.79 Å². The normalized spacial score (nSPS) is 13.3. The molecule has 0 saturated heterocycles. The topological polar surface area (TPSA) is 29.5 Å². The summed E-state index contributed by atoms with van der Waals surface area (Å²) < 4.78 is 4.78. The average Bonchev–Trinajstić information content (AvgIpc) is 1.82. The van der Waals surface area contributed by atoms with Crippen LogP contribution in [-0.2, 0) is 9.53 Å². The van der Waals surface area contributed by atoms with Gasteiger partial charge in [0.25, 0.3) is 0 Å². The van der Waals surface area contributed by atoms with Crippen LogP contribution >= 0.6 is 0 Å². The number of hydrogen-bond donors (Lipinski definition) is 0. The molecule has 3 nitrogen and oxygen atoms in total. The molecule has 0 aliphatic carbocycles. The van der Waals surface area contributed by atoms with Gasteiger partial charge in [-0.15, -0.1) is 0 Å². The molecule has 0 N–H and O–H groups in total. The summed E-state index contributed by atoms with van der Waals surface area (Å²) in [4.78, 5) is 12.3. The van der Waals surface area contributed by atoms with Crippen LogP contribution in [0.1, 0.15) is 13.8 Å². The lowest BCUT2D eigenvalue weighted by atomic mass is 10.3. The quantitative estimate of drug-likeness (QED) is 0.542. The highest BCUT2D eigenvalue weighted by atomic mass is 16.5. The Morgan fingerprint density at radius 3 is 2.40 bits per heavy atom. The van der Waals surface area contributed by atoms with Crippen LogP contribution < -0.4 is 0 Å². The van der Waals surface area contributed by atoms with Crippen LogP contribution in [0.3, 0.4) is 0 Å². The van der Waals surface area contributed by atoms with Crippen molar-refractivity contribution in [3.05, 3.63) is 0 Å². The molecule has 0 bridgehead atoms. The van der Waals surface area contributed by atoms with Crippen molar-refractivity contribution in [2.45, 2.75) is 19.9 Å². The Kier molecular flexibility index (Phi) is 4.03. The average molecular weight is 145 g/mol. The molecule has 0 aromatic heterocycles. The summed E-state index contributed by atoms with van der Waals surface area (Å²) in [6, 6.07) is 0.295. The molecular formula is C7H15NO2.